The number of fused-ring (bicyclic) bond motifs is 1. The van der Waals surface area contributed by atoms with Crippen LogP contribution < -0.4 is 0 Å². The van der Waals surface area contributed by atoms with Crippen molar-refractivity contribution in [3.63, 3.8) is 0 Å². The molecular formula is C19H18ClFN2S. The number of nitrogens with zero attached hydrogens (tertiary/aromatic N) is 2. The van der Waals surface area contributed by atoms with Gasteiger partial charge in [0.25, 0.3) is 0 Å². The highest BCUT2D eigenvalue weighted by molar-refractivity contribution is 7.98. The highest BCUT2D eigenvalue weighted by Gasteiger charge is 2.29. The average Bonchev–Trinajstić information content (AvgIpc) is 2.64. The topological polar surface area (TPSA) is 15.6 Å². The molecule has 1 fully saturated rings. The Kier molecular flexibility index (Phi) is 4.51. The molecule has 0 aromatic heterocycles. The molecule has 5 heteroatoms. The normalized spacial score (nSPS) is 20.5. The molecular weight excluding hydrogens is 343 g/mol. The lowest BCUT2D eigenvalue weighted by Gasteiger charge is -2.37. The molecule has 0 unspecified atom stereocenters. The van der Waals surface area contributed by atoms with Crippen LogP contribution in [0.4, 0.5) is 4.39 Å². The summed E-state index contributed by atoms with van der Waals surface area (Å²) in [5, 5.41) is 0.158. The van der Waals surface area contributed by atoms with Crippen LogP contribution in [-0.4, -0.2) is 29.6 Å². The van der Waals surface area contributed by atoms with Crippen LogP contribution in [0.1, 0.15) is 24.3 Å². The van der Waals surface area contributed by atoms with Gasteiger partial charge in [0.1, 0.15) is 11.7 Å². The summed E-state index contributed by atoms with van der Waals surface area (Å²) in [5.41, 5.74) is 3.14. The van der Waals surface area contributed by atoms with Crippen molar-refractivity contribution in [2.75, 3.05) is 18.8 Å². The molecule has 1 atom stereocenters. The zero-order chi connectivity index (χ0) is 16.5. The van der Waals surface area contributed by atoms with E-state index in [-0.39, 0.29) is 10.8 Å². The Morgan fingerprint density at radius 1 is 1.08 bits per heavy atom. The van der Waals surface area contributed by atoms with Gasteiger partial charge in [-0.3, -0.25) is 0 Å². The number of rotatable bonds is 2. The van der Waals surface area contributed by atoms with E-state index in [9.17, 15) is 4.39 Å². The molecule has 0 radical (unpaired) electrons. The number of amidine groups is 1. The summed E-state index contributed by atoms with van der Waals surface area (Å²) < 4.78 is 18.4. The van der Waals surface area contributed by atoms with Crippen LogP contribution >= 0.6 is 23.5 Å². The smallest absolute Gasteiger partial charge is 0.142 e. The monoisotopic (exact) mass is 360 g/mol. The number of hydrogen-bond acceptors (Lipinski definition) is 3. The molecule has 0 spiro atoms. The van der Waals surface area contributed by atoms with Crippen molar-refractivity contribution in [1.82, 2.24) is 4.90 Å². The van der Waals surface area contributed by atoms with Gasteiger partial charge in [0.2, 0.25) is 0 Å². The number of hydrogen-bond donors (Lipinski definition) is 0. The Bertz CT molecular complexity index is 775. The third kappa shape index (κ3) is 3.05. The van der Waals surface area contributed by atoms with E-state index >= 15 is 0 Å². The molecule has 2 nitrogen and oxygen atoms in total. The fourth-order valence-electron chi connectivity index (χ4n) is 3.46. The SMILES string of the molecule is Fc1cc(-c2ccc([C@@H]3CCCN4CCSN=C34)cc2)ccc1Cl. The first-order valence-corrected chi connectivity index (χ1v) is 9.54. The van der Waals surface area contributed by atoms with Crippen molar-refractivity contribution in [1.29, 1.82) is 0 Å². The van der Waals surface area contributed by atoms with Crippen molar-refractivity contribution < 1.29 is 4.39 Å². The molecule has 1 saturated heterocycles. The molecule has 0 saturated carbocycles. The average molecular weight is 361 g/mol. The van der Waals surface area contributed by atoms with Crippen LogP contribution in [-0.2, 0) is 0 Å². The maximum Gasteiger partial charge on any atom is 0.142 e. The van der Waals surface area contributed by atoms with Crippen molar-refractivity contribution in [3.8, 4) is 11.1 Å². The molecule has 0 amide bonds. The van der Waals surface area contributed by atoms with Gasteiger partial charge in [-0.15, -0.1) is 0 Å². The molecule has 2 aliphatic heterocycles. The summed E-state index contributed by atoms with van der Waals surface area (Å²) >= 11 is 7.44. The Morgan fingerprint density at radius 2 is 1.88 bits per heavy atom. The van der Waals surface area contributed by atoms with E-state index in [1.807, 2.05) is 6.07 Å². The third-order valence-corrected chi connectivity index (χ3v) is 5.72. The summed E-state index contributed by atoms with van der Waals surface area (Å²) in [5.74, 6) is 2.30. The van der Waals surface area contributed by atoms with Crippen LogP contribution in [0, 0.1) is 5.82 Å². The predicted molar refractivity (Wildman–Crippen MR) is 100 cm³/mol. The van der Waals surface area contributed by atoms with Gasteiger partial charge in [0.15, 0.2) is 0 Å². The quantitative estimate of drug-likeness (QED) is 0.667. The van der Waals surface area contributed by atoms with Gasteiger partial charge in [0, 0.05) is 24.8 Å². The molecule has 124 valence electrons. The minimum Gasteiger partial charge on any atom is -0.358 e. The van der Waals surface area contributed by atoms with Gasteiger partial charge < -0.3 is 4.90 Å². The van der Waals surface area contributed by atoms with Gasteiger partial charge in [0.05, 0.1) is 5.02 Å². The van der Waals surface area contributed by atoms with Gasteiger partial charge in [-0.25, -0.2) is 8.79 Å². The zero-order valence-corrected chi connectivity index (χ0v) is 14.8. The third-order valence-electron chi connectivity index (χ3n) is 4.73. The largest absolute Gasteiger partial charge is 0.358 e. The first-order chi connectivity index (χ1) is 11.7. The van der Waals surface area contributed by atoms with Crippen LogP contribution in [0.2, 0.25) is 5.02 Å². The highest BCUT2D eigenvalue weighted by Crippen LogP contribution is 2.34. The van der Waals surface area contributed by atoms with Crippen LogP contribution in [0.25, 0.3) is 11.1 Å². The van der Waals surface area contributed by atoms with Crippen molar-refractivity contribution >= 4 is 29.4 Å². The van der Waals surface area contributed by atoms with Crippen LogP contribution in [0.15, 0.2) is 46.9 Å². The van der Waals surface area contributed by atoms with E-state index < -0.39 is 0 Å². The Labute approximate surface area is 150 Å². The van der Waals surface area contributed by atoms with Crippen LogP contribution in [0.5, 0.6) is 0 Å². The lowest BCUT2D eigenvalue weighted by molar-refractivity contribution is 0.371. The Morgan fingerprint density at radius 3 is 2.67 bits per heavy atom. The molecule has 2 aromatic carbocycles. The number of piperidine rings is 1. The van der Waals surface area contributed by atoms with Crippen molar-refractivity contribution in [2.45, 2.75) is 18.8 Å². The molecule has 2 aromatic rings. The molecule has 2 aliphatic rings. The second-order valence-corrected chi connectivity index (χ2v) is 7.47. The van der Waals surface area contributed by atoms with Crippen molar-refractivity contribution in [3.05, 3.63) is 58.9 Å². The van der Waals surface area contributed by atoms with Gasteiger partial charge in [-0.1, -0.05) is 41.9 Å². The van der Waals surface area contributed by atoms with E-state index in [1.165, 1.54) is 23.9 Å². The zero-order valence-electron chi connectivity index (χ0n) is 13.2. The number of benzene rings is 2. The Hall–Kier alpha value is -1.52. The molecule has 4 rings (SSSR count). The summed E-state index contributed by atoms with van der Waals surface area (Å²) in [6, 6.07) is 13.4. The van der Waals surface area contributed by atoms with Gasteiger partial charge in [-0.2, -0.15) is 0 Å². The van der Waals surface area contributed by atoms with E-state index in [2.05, 4.69) is 29.2 Å². The predicted octanol–water partition coefficient (Wildman–Crippen LogP) is 5.39. The maximum atomic E-state index is 13.7. The Balaban J connectivity index is 1.61. The molecule has 0 N–H and O–H groups in total. The van der Waals surface area contributed by atoms with E-state index in [0.717, 1.165) is 36.4 Å². The highest BCUT2D eigenvalue weighted by atomic mass is 35.5. The lowest BCUT2D eigenvalue weighted by atomic mass is 9.88. The standard InChI is InChI=1S/C19H18ClFN2S/c20-17-8-7-15(12-18(17)21)13-3-5-14(6-4-13)16-2-1-9-23-10-11-24-22-19(16)23/h3-8,12,16H,1-2,9-11H2/t16-/m0/s1. The number of halogens is 2. The first kappa shape index (κ1) is 16.0. The summed E-state index contributed by atoms with van der Waals surface area (Å²) in [6.45, 7) is 2.22. The summed E-state index contributed by atoms with van der Waals surface area (Å²) in [6.07, 6.45) is 2.35. The first-order valence-electron chi connectivity index (χ1n) is 8.22. The second kappa shape index (κ2) is 6.77. The minimum absolute atomic E-state index is 0.158. The van der Waals surface area contributed by atoms with Gasteiger partial charge >= 0.3 is 0 Å². The van der Waals surface area contributed by atoms with E-state index in [0.29, 0.717) is 5.92 Å². The summed E-state index contributed by atoms with van der Waals surface area (Å²) in [4.78, 5) is 2.42. The molecule has 24 heavy (non-hydrogen) atoms. The lowest BCUT2D eigenvalue weighted by Crippen LogP contribution is -2.42. The second-order valence-electron chi connectivity index (χ2n) is 6.22. The molecule has 0 aliphatic carbocycles. The van der Waals surface area contributed by atoms with Gasteiger partial charge in [-0.05, 0) is 53.6 Å². The van der Waals surface area contributed by atoms with E-state index in [4.69, 9.17) is 16.0 Å². The maximum absolute atomic E-state index is 13.7. The molecule has 0 bridgehead atoms. The van der Waals surface area contributed by atoms with Crippen molar-refractivity contribution in [2.24, 2.45) is 4.40 Å². The summed E-state index contributed by atoms with van der Waals surface area (Å²) in [7, 11) is 0. The fraction of sp³-hybridized carbons (Fsp3) is 0.316. The molecule has 2 heterocycles. The fourth-order valence-corrected chi connectivity index (χ4v) is 4.35. The minimum atomic E-state index is -0.380. The van der Waals surface area contributed by atoms with E-state index in [1.54, 1.807) is 18.0 Å². The van der Waals surface area contributed by atoms with Crippen LogP contribution in [0.3, 0.4) is 0 Å².